The molecular weight excluding hydrogens is 529 g/mol. The summed E-state index contributed by atoms with van der Waals surface area (Å²) >= 11 is 0. The Morgan fingerprint density at radius 3 is 2.56 bits per heavy atom. The predicted molar refractivity (Wildman–Crippen MR) is 152 cm³/mol. The van der Waals surface area contributed by atoms with Crippen LogP contribution in [0.1, 0.15) is 43.1 Å². The minimum absolute atomic E-state index is 0.103. The van der Waals surface area contributed by atoms with Crippen LogP contribution < -0.4 is 10.1 Å². The number of anilines is 1. The fraction of sp³-hybridized carbons (Fsp3) is 0.333. The quantitative estimate of drug-likeness (QED) is 0.307. The Morgan fingerprint density at radius 2 is 1.90 bits per heavy atom. The Bertz CT molecular complexity index is 1600. The molecule has 2 aromatic carbocycles. The van der Waals surface area contributed by atoms with Crippen molar-refractivity contribution in [2.45, 2.75) is 45.4 Å². The van der Waals surface area contributed by atoms with Crippen LogP contribution in [0.3, 0.4) is 0 Å². The summed E-state index contributed by atoms with van der Waals surface area (Å²) in [6.45, 7) is 6.87. The van der Waals surface area contributed by atoms with Crippen molar-refractivity contribution < 1.29 is 28.6 Å². The number of aromatic carboxylic acids is 1. The van der Waals surface area contributed by atoms with Crippen LogP contribution in [0.5, 0.6) is 5.75 Å². The van der Waals surface area contributed by atoms with Gasteiger partial charge in [0.15, 0.2) is 11.5 Å². The number of carbonyl (C=O) groups excluding carboxylic acids is 1. The Hall–Kier alpha value is -4.67. The maximum Gasteiger partial charge on any atom is 0.410 e. The Morgan fingerprint density at radius 1 is 1.15 bits per heavy atom. The molecule has 2 aromatic heterocycles. The number of halogens is 1. The fourth-order valence-electron chi connectivity index (χ4n) is 4.87. The average Bonchev–Trinajstić information content (AvgIpc) is 3.53. The van der Waals surface area contributed by atoms with Crippen molar-refractivity contribution in [2.24, 2.45) is 0 Å². The molecule has 1 aliphatic rings. The number of nitrogens with zero attached hydrogens (tertiary/aromatic N) is 4. The molecule has 41 heavy (non-hydrogen) atoms. The molecule has 1 saturated heterocycles. The van der Waals surface area contributed by atoms with Crippen LogP contribution >= 0.6 is 0 Å². The highest BCUT2D eigenvalue weighted by atomic mass is 19.1. The molecule has 10 nitrogen and oxygen atoms in total. The lowest BCUT2D eigenvalue weighted by Gasteiger charge is -2.24. The molecule has 11 heteroatoms. The molecule has 3 heterocycles. The fourth-order valence-corrected chi connectivity index (χ4v) is 4.87. The van der Waals surface area contributed by atoms with Gasteiger partial charge in [-0.05, 0) is 74.2 Å². The van der Waals surface area contributed by atoms with Crippen molar-refractivity contribution in [3.63, 3.8) is 0 Å². The topological polar surface area (TPSA) is 119 Å². The molecule has 214 valence electrons. The van der Waals surface area contributed by atoms with Gasteiger partial charge >= 0.3 is 12.1 Å². The Balaban J connectivity index is 1.52. The summed E-state index contributed by atoms with van der Waals surface area (Å²) < 4.78 is 27.3. The normalized spacial score (nSPS) is 15.2. The molecule has 4 aromatic rings. The van der Waals surface area contributed by atoms with Crippen molar-refractivity contribution in [3.8, 4) is 16.9 Å². The van der Waals surface area contributed by atoms with Gasteiger partial charge in [0.25, 0.3) is 0 Å². The Labute approximate surface area is 236 Å². The Kier molecular flexibility index (Phi) is 7.53. The van der Waals surface area contributed by atoms with Gasteiger partial charge in [0, 0.05) is 25.3 Å². The van der Waals surface area contributed by atoms with Crippen LogP contribution in [0, 0.1) is 5.82 Å². The van der Waals surface area contributed by atoms with E-state index in [1.165, 1.54) is 12.1 Å². The number of nitrogens with one attached hydrogen (secondary N) is 1. The number of carboxylic acid groups (broad SMARTS) is 1. The third kappa shape index (κ3) is 6.08. The minimum atomic E-state index is -1.33. The number of likely N-dealkylation sites (tertiary alicyclic amines) is 1. The number of hydrogen-bond donors (Lipinski definition) is 2. The summed E-state index contributed by atoms with van der Waals surface area (Å²) in [6, 6.07) is 13.3. The van der Waals surface area contributed by atoms with Crippen LogP contribution in [-0.2, 0) is 11.3 Å². The number of hydrogen-bond acceptors (Lipinski definition) is 7. The van der Waals surface area contributed by atoms with Crippen LogP contribution in [0.25, 0.3) is 22.2 Å². The van der Waals surface area contributed by atoms with Gasteiger partial charge in [-0.3, -0.25) is 0 Å². The monoisotopic (exact) mass is 561 g/mol. The van der Waals surface area contributed by atoms with E-state index < -0.39 is 23.0 Å². The molecule has 5 rings (SSSR count). The molecule has 1 aliphatic heterocycles. The zero-order valence-electron chi connectivity index (χ0n) is 23.3. The van der Waals surface area contributed by atoms with Crippen LogP contribution in [0.15, 0.2) is 54.7 Å². The van der Waals surface area contributed by atoms with Gasteiger partial charge in [0.1, 0.15) is 17.2 Å². The molecule has 0 radical (unpaired) electrons. The smallest absolute Gasteiger partial charge is 0.410 e. The first-order valence-electron chi connectivity index (χ1n) is 13.3. The van der Waals surface area contributed by atoms with Crippen LogP contribution in [0.4, 0.5) is 15.0 Å². The van der Waals surface area contributed by atoms with E-state index >= 15 is 0 Å². The SMILES string of the molecule is COc1ccc(Cn2nc(N[C@@H]3CCN(C(=O)OC(C)(C)C)C3)c3c(-c4ccc(C(=O)O)c(F)c4)ccnc32)cc1. The van der Waals surface area contributed by atoms with E-state index in [2.05, 4.69) is 10.3 Å². The molecule has 2 N–H and O–H groups in total. The van der Waals surface area contributed by atoms with E-state index in [1.807, 2.05) is 45.0 Å². The van der Waals surface area contributed by atoms with Gasteiger partial charge in [-0.1, -0.05) is 18.2 Å². The van der Waals surface area contributed by atoms with Crippen molar-refractivity contribution in [3.05, 3.63) is 71.7 Å². The summed E-state index contributed by atoms with van der Waals surface area (Å²) in [4.78, 5) is 30.3. The molecule has 1 atom stereocenters. The zero-order valence-corrected chi connectivity index (χ0v) is 23.3. The summed E-state index contributed by atoms with van der Waals surface area (Å²) in [6.07, 6.45) is 1.94. The second-order valence-corrected chi connectivity index (χ2v) is 11.0. The lowest BCUT2D eigenvalue weighted by atomic mass is 10.0. The van der Waals surface area contributed by atoms with Crippen LogP contribution in [0.2, 0.25) is 0 Å². The van der Waals surface area contributed by atoms with Crippen molar-refractivity contribution in [2.75, 3.05) is 25.5 Å². The average molecular weight is 562 g/mol. The number of pyridine rings is 1. The maximum absolute atomic E-state index is 14.7. The number of ether oxygens (including phenoxy) is 2. The summed E-state index contributed by atoms with van der Waals surface area (Å²) in [5.41, 5.74) is 1.70. The number of aromatic nitrogens is 3. The van der Waals surface area contributed by atoms with E-state index in [1.54, 1.807) is 35.0 Å². The summed E-state index contributed by atoms with van der Waals surface area (Å²) in [5.74, 6) is -0.886. The number of carbonyl (C=O) groups is 2. The third-order valence-electron chi connectivity index (χ3n) is 6.82. The first-order valence-corrected chi connectivity index (χ1v) is 13.3. The number of fused-ring (bicyclic) bond motifs is 1. The highest BCUT2D eigenvalue weighted by Gasteiger charge is 2.31. The van der Waals surface area contributed by atoms with Gasteiger partial charge < -0.3 is 24.8 Å². The van der Waals surface area contributed by atoms with E-state index in [-0.39, 0.29) is 12.1 Å². The first-order chi connectivity index (χ1) is 19.5. The lowest BCUT2D eigenvalue weighted by molar-refractivity contribution is 0.0293. The van der Waals surface area contributed by atoms with E-state index in [0.29, 0.717) is 54.0 Å². The number of rotatable bonds is 7. The maximum atomic E-state index is 14.7. The van der Waals surface area contributed by atoms with Crippen molar-refractivity contribution >= 4 is 28.9 Å². The largest absolute Gasteiger partial charge is 0.497 e. The van der Waals surface area contributed by atoms with Gasteiger partial charge in [0.2, 0.25) is 0 Å². The standard InChI is InChI=1S/C30H32FN5O5/c1-30(2,3)41-29(39)35-14-12-20(17-35)33-26-25-22(19-7-10-23(28(37)38)24(31)15-19)11-13-32-27(25)36(34-26)16-18-5-8-21(40-4)9-6-18/h5-11,13,15,20H,12,14,16-17H2,1-4H3,(H,33,34)(H,37,38)/t20-/m1/s1. The highest BCUT2D eigenvalue weighted by Crippen LogP contribution is 2.35. The van der Waals surface area contributed by atoms with E-state index in [4.69, 9.17) is 14.6 Å². The van der Waals surface area contributed by atoms with Gasteiger partial charge in [-0.2, -0.15) is 5.10 Å². The number of methoxy groups -OCH3 is 1. The van der Waals surface area contributed by atoms with Gasteiger partial charge in [-0.25, -0.2) is 23.6 Å². The minimum Gasteiger partial charge on any atom is -0.497 e. The second kappa shape index (κ2) is 11.1. The van der Waals surface area contributed by atoms with E-state index in [9.17, 15) is 19.1 Å². The number of amides is 1. The first kappa shape index (κ1) is 27.9. The molecule has 0 aliphatic carbocycles. The summed E-state index contributed by atoms with van der Waals surface area (Å²) in [7, 11) is 1.61. The van der Waals surface area contributed by atoms with Gasteiger partial charge in [-0.15, -0.1) is 0 Å². The molecule has 0 bridgehead atoms. The second-order valence-electron chi connectivity index (χ2n) is 11.0. The molecule has 0 unspecified atom stereocenters. The summed E-state index contributed by atoms with van der Waals surface area (Å²) in [5, 5.41) is 18.3. The molecule has 0 spiro atoms. The number of carboxylic acids is 1. The van der Waals surface area contributed by atoms with Crippen molar-refractivity contribution in [1.29, 1.82) is 0 Å². The number of benzene rings is 2. The van der Waals surface area contributed by atoms with E-state index in [0.717, 1.165) is 11.3 Å². The molecule has 1 fully saturated rings. The van der Waals surface area contributed by atoms with Gasteiger partial charge in [0.05, 0.1) is 24.6 Å². The third-order valence-corrected chi connectivity index (χ3v) is 6.82. The molecule has 0 saturated carbocycles. The molecular formula is C30H32FN5O5. The van der Waals surface area contributed by atoms with Crippen molar-refractivity contribution in [1.82, 2.24) is 19.7 Å². The highest BCUT2D eigenvalue weighted by molar-refractivity contribution is 6.01. The predicted octanol–water partition coefficient (Wildman–Crippen LogP) is 5.41. The van der Waals surface area contributed by atoms with Crippen LogP contribution in [-0.4, -0.2) is 68.7 Å². The zero-order chi connectivity index (χ0) is 29.3. The lowest BCUT2D eigenvalue weighted by Crippen LogP contribution is -2.36. The molecule has 1 amide bonds.